The molecule has 0 aliphatic carbocycles. The molecule has 2 N–H and O–H groups in total. The van der Waals surface area contributed by atoms with Crippen molar-refractivity contribution in [3.8, 4) is 5.75 Å². The molecule has 4 nitrogen and oxygen atoms in total. The number of rotatable bonds is 5. The molecule has 1 aromatic rings. The first kappa shape index (κ1) is 15.3. The Kier molecular flexibility index (Phi) is 5.40. The number of morpholine rings is 1. The van der Waals surface area contributed by atoms with Crippen LogP contribution in [0.4, 0.5) is 0 Å². The zero-order valence-electron chi connectivity index (χ0n) is 12.7. The number of nitrogens with two attached hydrogens (primary N) is 1. The first-order valence-electron chi connectivity index (χ1n) is 7.41. The van der Waals surface area contributed by atoms with E-state index >= 15 is 0 Å². The van der Waals surface area contributed by atoms with Crippen LogP contribution < -0.4 is 10.5 Å². The van der Waals surface area contributed by atoms with E-state index in [-0.39, 0.29) is 6.04 Å². The molecule has 1 aliphatic rings. The summed E-state index contributed by atoms with van der Waals surface area (Å²) in [6, 6.07) is 8.36. The van der Waals surface area contributed by atoms with Crippen LogP contribution in [0.2, 0.25) is 0 Å². The first-order valence-corrected chi connectivity index (χ1v) is 7.41. The minimum Gasteiger partial charge on any atom is -0.497 e. The number of hydrogen-bond acceptors (Lipinski definition) is 4. The third-order valence-electron chi connectivity index (χ3n) is 4.22. The average Bonchev–Trinajstić information content (AvgIpc) is 2.53. The second-order valence-corrected chi connectivity index (χ2v) is 5.44. The van der Waals surface area contributed by atoms with Gasteiger partial charge < -0.3 is 15.2 Å². The fraction of sp³-hybridized carbons (Fsp3) is 0.625. The molecule has 2 rings (SSSR count). The average molecular weight is 278 g/mol. The van der Waals surface area contributed by atoms with Crippen molar-refractivity contribution in [2.45, 2.75) is 38.5 Å². The topological polar surface area (TPSA) is 47.7 Å². The van der Waals surface area contributed by atoms with Crippen LogP contribution in [0.3, 0.4) is 0 Å². The highest BCUT2D eigenvalue weighted by atomic mass is 16.5. The SMILES string of the molecule is CCC1CN(C(C)C(N)c2ccc(OC)cc2)CCO1. The third kappa shape index (κ3) is 3.51. The van der Waals surface area contributed by atoms with Crippen LogP contribution in [0.5, 0.6) is 5.75 Å². The Bertz CT molecular complexity index is 407. The van der Waals surface area contributed by atoms with Crippen LogP contribution in [0.25, 0.3) is 0 Å². The molecular weight excluding hydrogens is 252 g/mol. The molecular formula is C16H26N2O2. The number of methoxy groups -OCH3 is 1. The summed E-state index contributed by atoms with van der Waals surface area (Å²) in [5.41, 5.74) is 7.58. The van der Waals surface area contributed by atoms with Gasteiger partial charge in [-0.3, -0.25) is 4.90 Å². The minimum atomic E-state index is 0.0107. The van der Waals surface area contributed by atoms with E-state index in [4.69, 9.17) is 15.2 Å². The molecule has 1 aromatic carbocycles. The first-order chi connectivity index (χ1) is 9.65. The maximum Gasteiger partial charge on any atom is 0.118 e. The van der Waals surface area contributed by atoms with Crippen molar-refractivity contribution in [3.05, 3.63) is 29.8 Å². The summed E-state index contributed by atoms with van der Waals surface area (Å²) in [5.74, 6) is 0.867. The second-order valence-electron chi connectivity index (χ2n) is 5.44. The molecule has 0 spiro atoms. The Morgan fingerprint density at radius 3 is 2.70 bits per heavy atom. The van der Waals surface area contributed by atoms with Gasteiger partial charge >= 0.3 is 0 Å². The highest BCUT2D eigenvalue weighted by Gasteiger charge is 2.27. The van der Waals surface area contributed by atoms with Gasteiger partial charge in [-0.2, -0.15) is 0 Å². The molecule has 3 atom stereocenters. The van der Waals surface area contributed by atoms with E-state index in [0.717, 1.165) is 37.4 Å². The lowest BCUT2D eigenvalue weighted by Gasteiger charge is -2.39. The summed E-state index contributed by atoms with van der Waals surface area (Å²) < 4.78 is 10.9. The maximum absolute atomic E-state index is 6.42. The molecule has 1 aliphatic heterocycles. The van der Waals surface area contributed by atoms with Gasteiger partial charge in [0, 0.05) is 25.2 Å². The van der Waals surface area contributed by atoms with Gasteiger partial charge in [0.1, 0.15) is 5.75 Å². The molecule has 0 amide bonds. The quantitative estimate of drug-likeness (QED) is 0.897. The van der Waals surface area contributed by atoms with Gasteiger partial charge in [-0.25, -0.2) is 0 Å². The molecule has 0 aromatic heterocycles. The zero-order chi connectivity index (χ0) is 14.5. The van der Waals surface area contributed by atoms with Gasteiger partial charge in [-0.1, -0.05) is 19.1 Å². The van der Waals surface area contributed by atoms with Crippen LogP contribution >= 0.6 is 0 Å². The van der Waals surface area contributed by atoms with E-state index in [9.17, 15) is 0 Å². The predicted octanol–water partition coefficient (Wildman–Crippen LogP) is 2.19. The fourth-order valence-electron chi connectivity index (χ4n) is 2.69. The Labute approximate surface area is 121 Å². The van der Waals surface area contributed by atoms with Gasteiger partial charge in [0.15, 0.2) is 0 Å². The largest absolute Gasteiger partial charge is 0.497 e. The number of nitrogens with zero attached hydrogens (tertiary/aromatic N) is 1. The van der Waals surface area contributed by atoms with Crippen LogP contribution in [0, 0.1) is 0 Å². The van der Waals surface area contributed by atoms with Crippen LogP contribution in [-0.2, 0) is 4.74 Å². The van der Waals surface area contributed by atoms with Gasteiger partial charge in [0.05, 0.1) is 19.8 Å². The highest BCUT2D eigenvalue weighted by molar-refractivity contribution is 5.29. The minimum absolute atomic E-state index is 0.0107. The number of benzene rings is 1. The van der Waals surface area contributed by atoms with E-state index in [1.165, 1.54) is 0 Å². The van der Waals surface area contributed by atoms with E-state index in [1.54, 1.807) is 7.11 Å². The van der Waals surface area contributed by atoms with E-state index < -0.39 is 0 Å². The second kappa shape index (κ2) is 7.07. The lowest BCUT2D eigenvalue weighted by molar-refractivity contribution is -0.0452. The van der Waals surface area contributed by atoms with Crippen molar-refractivity contribution < 1.29 is 9.47 Å². The van der Waals surface area contributed by atoms with Crippen molar-refractivity contribution in [1.82, 2.24) is 4.90 Å². The van der Waals surface area contributed by atoms with Gasteiger partial charge in [0.2, 0.25) is 0 Å². The Morgan fingerprint density at radius 2 is 2.10 bits per heavy atom. The zero-order valence-corrected chi connectivity index (χ0v) is 12.7. The molecule has 3 unspecified atom stereocenters. The van der Waals surface area contributed by atoms with Crippen molar-refractivity contribution in [3.63, 3.8) is 0 Å². The van der Waals surface area contributed by atoms with E-state index in [2.05, 4.69) is 30.9 Å². The Balaban J connectivity index is 2.01. The lowest BCUT2D eigenvalue weighted by Crippen LogP contribution is -2.49. The summed E-state index contributed by atoms with van der Waals surface area (Å²) in [4.78, 5) is 2.44. The van der Waals surface area contributed by atoms with Crippen LogP contribution in [-0.4, -0.2) is 43.9 Å². The van der Waals surface area contributed by atoms with Crippen molar-refractivity contribution in [2.75, 3.05) is 26.8 Å². The normalized spacial score (nSPS) is 23.3. The predicted molar refractivity (Wildman–Crippen MR) is 81.0 cm³/mol. The summed E-state index contributed by atoms with van der Waals surface area (Å²) in [5, 5.41) is 0. The van der Waals surface area contributed by atoms with Gasteiger partial charge in [0.25, 0.3) is 0 Å². The molecule has 112 valence electrons. The molecule has 0 saturated carbocycles. The molecule has 0 radical (unpaired) electrons. The monoisotopic (exact) mass is 278 g/mol. The summed E-state index contributed by atoms with van der Waals surface area (Å²) >= 11 is 0. The Morgan fingerprint density at radius 1 is 1.40 bits per heavy atom. The summed E-state index contributed by atoms with van der Waals surface area (Å²) in [6.45, 7) is 7.11. The number of hydrogen-bond donors (Lipinski definition) is 1. The third-order valence-corrected chi connectivity index (χ3v) is 4.22. The van der Waals surface area contributed by atoms with Crippen molar-refractivity contribution in [1.29, 1.82) is 0 Å². The van der Waals surface area contributed by atoms with Crippen molar-refractivity contribution >= 4 is 0 Å². The van der Waals surface area contributed by atoms with Gasteiger partial charge in [-0.05, 0) is 31.0 Å². The van der Waals surface area contributed by atoms with Gasteiger partial charge in [-0.15, -0.1) is 0 Å². The molecule has 4 heteroatoms. The van der Waals surface area contributed by atoms with Crippen LogP contribution in [0.15, 0.2) is 24.3 Å². The van der Waals surface area contributed by atoms with E-state index in [0.29, 0.717) is 12.1 Å². The lowest BCUT2D eigenvalue weighted by atomic mass is 9.99. The molecule has 1 heterocycles. The summed E-state index contributed by atoms with van der Waals surface area (Å²) in [6.07, 6.45) is 1.40. The standard InChI is InChI=1S/C16H26N2O2/c1-4-14-11-18(9-10-20-14)12(2)16(17)13-5-7-15(19-3)8-6-13/h5-8,12,14,16H,4,9-11,17H2,1-3H3. The smallest absolute Gasteiger partial charge is 0.118 e. The molecule has 1 fully saturated rings. The fourth-order valence-corrected chi connectivity index (χ4v) is 2.69. The molecule has 20 heavy (non-hydrogen) atoms. The van der Waals surface area contributed by atoms with E-state index in [1.807, 2.05) is 12.1 Å². The van der Waals surface area contributed by atoms with Crippen molar-refractivity contribution in [2.24, 2.45) is 5.73 Å². The maximum atomic E-state index is 6.42. The number of ether oxygens (including phenoxy) is 2. The molecule has 1 saturated heterocycles. The summed E-state index contributed by atoms with van der Waals surface area (Å²) in [7, 11) is 1.68. The van der Waals surface area contributed by atoms with Crippen LogP contribution in [0.1, 0.15) is 31.9 Å². The Hall–Kier alpha value is -1.10. The molecule has 0 bridgehead atoms. The highest BCUT2D eigenvalue weighted by Crippen LogP contribution is 2.23.